The van der Waals surface area contributed by atoms with Crippen molar-refractivity contribution >= 4 is 22.9 Å². The third kappa shape index (κ3) is 3.36. The van der Waals surface area contributed by atoms with Crippen molar-refractivity contribution in [3.63, 3.8) is 0 Å². The van der Waals surface area contributed by atoms with E-state index in [0.29, 0.717) is 6.42 Å². The van der Waals surface area contributed by atoms with Gasteiger partial charge in [0.1, 0.15) is 0 Å². The molecule has 2 heterocycles. The van der Waals surface area contributed by atoms with Crippen LogP contribution in [0.5, 0.6) is 0 Å². The van der Waals surface area contributed by atoms with Crippen molar-refractivity contribution in [2.24, 2.45) is 0 Å². The van der Waals surface area contributed by atoms with E-state index in [-0.39, 0.29) is 11.9 Å². The predicted molar refractivity (Wildman–Crippen MR) is 90.1 cm³/mol. The van der Waals surface area contributed by atoms with Crippen LogP contribution in [0.15, 0.2) is 29.6 Å². The van der Waals surface area contributed by atoms with Crippen molar-refractivity contribution < 1.29 is 4.79 Å². The molecule has 2 aromatic rings. The number of carbonyl (C=O) groups excluding carboxylic acids is 1. The summed E-state index contributed by atoms with van der Waals surface area (Å²) in [6.07, 6.45) is 1.63. The fourth-order valence-corrected chi connectivity index (χ4v) is 3.36. The van der Waals surface area contributed by atoms with Crippen LogP contribution < -0.4 is 10.2 Å². The zero-order chi connectivity index (χ0) is 15.5. The zero-order valence-electron chi connectivity index (χ0n) is 13.0. The monoisotopic (exact) mass is 315 g/mol. The molecule has 0 unspecified atom stereocenters. The molecule has 4 nitrogen and oxygen atoms in total. The number of carbonyl (C=O) groups is 1. The van der Waals surface area contributed by atoms with Crippen LogP contribution in [0, 0.1) is 6.92 Å². The van der Waals surface area contributed by atoms with Gasteiger partial charge in [-0.15, -0.1) is 11.3 Å². The molecule has 5 heteroatoms. The van der Waals surface area contributed by atoms with Crippen LogP contribution in [0.2, 0.25) is 0 Å². The lowest BCUT2D eigenvalue weighted by atomic mass is 10.1. The molecule has 0 spiro atoms. The molecule has 1 aliphatic rings. The smallest absolute Gasteiger partial charge is 0.227 e. The maximum atomic E-state index is 11.9. The van der Waals surface area contributed by atoms with Crippen LogP contribution in [0.3, 0.4) is 0 Å². The fraction of sp³-hybridized carbons (Fsp3) is 0.412. The molecule has 3 rings (SSSR count). The SMILES string of the molecule is Cc1nc(CN[C@@H](C)c2cccc(N3CCCC3=O)c2)cs1. The minimum absolute atomic E-state index is 0.222. The van der Waals surface area contributed by atoms with Gasteiger partial charge in [-0.2, -0.15) is 0 Å². The number of hydrogen-bond donors (Lipinski definition) is 1. The molecule has 1 amide bonds. The van der Waals surface area contributed by atoms with E-state index >= 15 is 0 Å². The summed E-state index contributed by atoms with van der Waals surface area (Å²) in [6.45, 7) is 5.76. The Morgan fingerprint density at radius 1 is 1.45 bits per heavy atom. The standard InChI is InChI=1S/C17H21N3OS/c1-12(18-10-15-11-22-13(2)19-15)14-5-3-6-16(9-14)20-8-4-7-17(20)21/h3,5-6,9,11-12,18H,4,7-8,10H2,1-2H3/t12-/m0/s1. The molecule has 1 fully saturated rings. The van der Waals surface area contributed by atoms with Gasteiger partial charge in [-0.05, 0) is 38.0 Å². The highest BCUT2D eigenvalue weighted by Gasteiger charge is 2.22. The molecule has 0 radical (unpaired) electrons. The van der Waals surface area contributed by atoms with Gasteiger partial charge in [0.25, 0.3) is 0 Å². The molecule has 0 bridgehead atoms. The molecular weight excluding hydrogens is 294 g/mol. The van der Waals surface area contributed by atoms with E-state index in [4.69, 9.17) is 0 Å². The molecule has 1 atom stereocenters. The molecule has 22 heavy (non-hydrogen) atoms. The van der Waals surface area contributed by atoms with Crippen molar-refractivity contribution in [2.45, 2.75) is 39.3 Å². The van der Waals surface area contributed by atoms with Gasteiger partial charge in [0.2, 0.25) is 5.91 Å². The molecule has 1 aromatic carbocycles. The van der Waals surface area contributed by atoms with Crippen molar-refractivity contribution in [3.8, 4) is 0 Å². The minimum Gasteiger partial charge on any atom is -0.312 e. The van der Waals surface area contributed by atoms with Crippen molar-refractivity contribution in [2.75, 3.05) is 11.4 Å². The summed E-state index contributed by atoms with van der Waals surface area (Å²) in [4.78, 5) is 18.2. The lowest BCUT2D eigenvalue weighted by Gasteiger charge is -2.19. The normalized spacial score (nSPS) is 16.3. The van der Waals surface area contributed by atoms with Crippen LogP contribution >= 0.6 is 11.3 Å². The summed E-state index contributed by atoms with van der Waals surface area (Å²) in [6, 6.07) is 8.49. The molecular formula is C17H21N3OS. The highest BCUT2D eigenvalue weighted by atomic mass is 32.1. The molecule has 116 valence electrons. The average Bonchev–Trinajstić information content (AvgIpc) is 3.13. The molecule has 0 saturated carbocycles. The Balaban J connectivity index is 1.67. The quantitative estimate of drug-likeness (QED) is 0.919. The van der Waals surface area contributed by atoms with Crippen molar-refractivity contribution in [3.05, 3.63) is 45.9 Å². The lowest BCUT2D eigenvalue weighted by Crippen LogP contribution is -2.24. The van der Waals surface area contributed by atoms with Crippen LogP contribution in [-0.4, -0.2) is 17.4 Å². The topological polar surface area (TPSA) is 45.2 Å². The van der Waals surface area contributed by atoms with Gasteiger partial charge in [0, 0.05) is 36.6 Å². The van der Waals surface area contributed by atoms with E-state index < -0.39 is 0 Å². The van der Waals surface area contributed by atoms with Crippen molar-refractivity contribution in [1.29, 1.82) is 0 Å². The van der Waals surface area contributed by atoms with Gasteiger partial charge < -0.3 is 10.2 Å². The first-order valence-electron chi connectivity index (χ1n) is 7.68. The number of nitrogens with zero attached hydrogens (tertiary/aromatic N) is 2. The average molecular weight is 315 g/mol. The van der Waals surface area contributed by atoms with Gasteiger partial charge >= 0.3 is 0 Å². The van der Waals surface area contributed by atoms with Crippen LogP contribution in [-0.2, 0) is 11.3 Å². The Hall–Kier alpha value is -1.72. The number of thiazole rings is 1. The van der Waals surface area contributed by atoms with Gasteiger partial charge in [-0.25, -0.2) is 4.98 Å². The minimum atomic E-state index is 0.222. The summed E-state index contributed by atoms with van der Waals surface area (Å²) in [5, 5.41) is 6.69. The summed E-state index contributed by atoms with van der Waals surface area (Å²) in [5.74, 6) is 0.232. The van der Waals surface area contributed by atoms with E-state index in [0.717, 1.165) is 35.9 Å². The van der Waals surface area contributed by atoms with E-state index in [9.17, 15) is 4.79 Å². The second-order valence-corrected chi connectivity index (χ2v) is 6.77. The molecule has 1 N–H and O–H groups in total. The Bertz CT molecular complexity index is 667. The number of aryl methyl sites for hydroxylation is 1. The Kier molecular flexibility index (Phi) is 4.55. The van der Waals surface area contributed by atoms with Gasteiger partial charge in [-0.1, -0.05) is 12.1 Å². The first kappa shape index (κ1) is 15.2. The number of nitrogens with one attached hydrogen (secondary N) is 1. The summed E-state index contributed by atoms with van der Waals surface area (Å²) >= 11 is 1.68. The van der Waals surface area contributed by atoms with Gasteiger partial charge in [0.15, 0.2) is 0 Å². The fourth-order valence-electron chi connectivity index (χ4n) is 2.75. The summed E-state index contributed by atoms with van der Waals surface area (Å²) in [7, 11) is 0. The first-order valence-corrected chi connectivity index (χ1v) is 8.56. The third-order valence-electron chi connectivity index (χ3n) is 4.01. The number of amides is 1. The van der Waals surface area contributed by atoms with Crippen LogP contribution in [0.4, 0.5) is 5.69 Å². The summed E-state index contributed by atoms with van der Waals surface area (Å²) in [5.41, 5.74) is 3.29. The number of aromatic nitrogens is 1. The van der Waals surface area contributed by atoms with Gasteiger partial charge in [-0.3, -0.25) is 4.79 Å². The molecule has 1 aromatic heterocycles. The predicted octanol–water partition coefficient (Wildman–Crippen LogP) is 3.43. The molecule has 1 saturated heterocycles. The summed E-state index contributed by atoms with van der Waals surface area (Å²) < 4.78 is 0. The highest BCUT2D eigenvalue weighted by Crippen LogP contribution is 2.25. The Morgan fingerprint density at radius 3 is 3.00 bits per heavy atom. The maximum absolute atomic E-state index is 11.9. The number of hydrogen-bond acceptors (Lipinski definition) is 4. The maximum Gasteiger partial charge on any atom is 0.227 e. The van der Waals surface area contributed by atoms with E-state index in [1.165, 1.54) is 5.56 Å². The van der Waals surface area contributed by atoms with E-state index in [1.807, 2.05) is 24.0 Å². The number of anilines is 1. The number of rotatable bonds is 5. The first-order chi connectivity index (χ1) is 10.6. The van der Waals surface area contributed by atoms with Gasteiger partial charge in [0.05, 0.1) is 10.7 Å². The third-order valence-corrected chi connectivity index (χ3v) is 4.83. The zero-order valence-corrected chi connectivity index (χ0v) is 13.8. The lowest BCUT2D eigenvalue weighted by molar-refractivity contribution is -0.117. The number of benzene rings is 1. The Labute approximate surface area is 135 Å². The van der Waals surface area contributed by atoms with Crippen LogP contribution in [0.1, 0.15) is 42.1 Å². The van der Waals surface area contributed by atoms with E-state index in [1.54, 1.807) is 11.3 Å². The second kappa shape index (κ2) is 6.58. The largest absolute Gasteiger partial charge is 0.312 e. The molecule has 0 aliphatic carbocycles. The van der Waals surface area contributed by atoms with E-state index in [2.05, 4.69) is 34.7 Å². The highest BCUT2D eigenvalue weighted by molar-refractivity contribution is 7.09. The molecule has 1 aliphatic heterocycles. The Morgan fingerprint density at radius 2 is 2.32 bits per heavy atom. The van der Waals surface area contributed by atoms with Crippen LogP contribution in [0.25, 0.3) is 0 Å². The second-order valence-electron chi connectivity index (χ2n) is 5.70. The van der Waals surface area contributed by atoms with Crippen molar-refractivity contribution in [1.82, 2.24) is 10.3 Å².